The minimum absolute atomic E-state index is 0.191. The van der Waals surface area contributed by atoms with Gasteiger partial charge in [-0.1, -0.05) is 33.1 Å². The molecule has 1 aliphatic rings. The molecule has 4 heteroatoms. The maximum Gasteiger partial charge on any atom is 0.527 e. The van der Waals surface area contributed by atoms with Gasteiger partial charge >= 0.3 is 13.1 Å². The minimum atomic E-state index is -0.313. The van der Waals surface area contributed by atoms with Crippen LogP contribution < -0.4 is 0 Å². The Balaban J connectivity index is 2.20. The highest BCUT2D eigenvalue weighted by molar-refractivity contribution is 6.48. The summed E-state index contributed by atoms with van der Waals surface area (Å²) in [5.41, 5.74) is 0. The second-order valence-electron chi connectivity index (χ2n) is 3.40. The highest BCUT2D eigenvalue weighted by Gasteiger charge is 2.37. The van der Waals surface area contributed by atoms with E-state index in [0.717, 1.165) is 12.7 Å². The van der Waals surface area contributed by atoms with Crippen LogP contribution >= 0.6 is 0 Å². The van der Waals surface area contributed by atoms with Crippen LogP contribution in [0.15, 0.2) is 0 Å². The lowest BCUT2D eigenvalue weighted by Gasteiger charge is -2.02. The number of hydrogen-bond acceptors (Lipinski definition) is 3. The molecular weight excluding hydrogens is 167 g/mol. The van der Waals surface area contributed by atoms with E-state index >= 15 is 0 Å². The number of hydrogen-bond donors (Lipinski definition) is 0. The second kappa shape index (κ2) is 5.27. The summed E-state index contributed by atoms with van der Waals surface area (Å²) in [6.07, 6.45) is 4.67. The van der Waals surface area contributed by atoms with Gasteiger partial charge in [-0.05, 0) is 12.7 Å². The highest BCUT2D eigenvalue weighted by Crippen LogP contribution is 2.17. The molecule has 1 fully saturated rings. The lowest BCUT2D eigenvalue weighted by Crippen LogP contribution is -2.15. The van der Waals surface area contributed by atoms with Crippen LogP contribution in [0.25, 0.3) is 0 Å². The normalized spacial score (nSPS) is 22.2. The van der Waals surface area contributed by atoms with Crippen molar-refractivity contribution in [1.29, 1.82) is 0 Å². The molecule has 0 bridgehead atoms. The monoisotopic (exact) mass is 184 g/mol. The van der Waals surface area contributed by atoms with Crippen molar-refractivity contribution in [3.8, 4) is 0 Å². The summed E-state index contributed by atoms with van der Waals surface area (Å²) in [6.45, 7) is 4.08. The van der Waals surface area contributed by atoms with Gasteiger partial charge in [-0.25, -0.2) is 0 Å². The maximum atomic E-state index is 11.1. The van der Waals surface area contributed by atoms with Crippen LogP contribution in [-0.2, 0) is 14.1 Å². The molecule has 13 heavy (non-hydrogen) atoms. The zero-order chi connectivity index (χ0) is 9.68. The van der Waals surface area contributed by atoms with Gasteiger partial charge in [0.05, 0.1) is 0 Å². The maximum absolute atomic E-state index is 11.1. The zero-order valence-electron chi connectivity index (χ0n) is 8.41. The molecular formula is C9H17BO3. The molecule has 1 heterocycles. The number of rotatable bonds is 5. The molecule has 0 radical (unpaired) electrons. The summed E-state index contributed by atoms with van der Waals surface area (Å²) < 4.78 is 10.4. The van der Waals surface area contributed by atoms with E-state index in [1.807, 2.05) is 6.92 Å². The van der Waals surface area contributed by atoms with Crippen molar-refractivity contribution in [2.24, 2.45) is 0 Å². The molecule has 1 unspecified atom stereocenters. The lowest BCUT2D eigenvalue weighted by atomic mass is 9.82. The van der Waals surface area contributed by atoms with E-state index < -0.39 is 0 Å². The first kappa shape index (κ1) is 10.6. The Kier molecular flexibility index (Phi) is 4.29. The van der Waals surface area contributed by atoms with Crippen molar-refractivity contribution in [2.75, 3.05) is 0 Å². The van der Waals surface area contributed by atoms with Gasteiger partial charge in [0.25, 0.3) is 0 Å². The molecule has 0 aromatic heterocycles. The van der Waals surface area contributed by atoms with E-state index in [1.54, 1.807) is 0 Å². The largest absolute Gasteiger partial charge is 0.527 e. The Labute approximate surface area is 79.9 Å². The Hall–Kier alpha value is -0.505. The lowest BCUT2D eigenvalue weighted by molar-refractivity contribution is -0.136. The Morgan fingerprint density at radius 3 is 2.69 bits per heavy atom. The number of carbonyl (C=O) groups excluding carboxylic acids is 1. The molecule has 0 aromatic carbocycles. The van der Waals surface area contributed by atoms with Gasteiger partial charge in [0.15, 0.2) is 0 Å². The SMILES string of the molecule is CCCCCB1OC(=O)C(CC)O1. The Bertz CT molecular complexity index is 172. The smallest absolute Gasteiger partial charge is 0.508 e. The van der Waals surface area contributed by atoms with Crippen molar-refractivity contribution in [1.82, 2.24) is 0 Å². The molecule has 1 saturated heterocycles. The van der Waals surface area contributed by atoms with Crippen LogP contribution in [0.4, 0.5) is 0 Å². The van der Waals surface area contributed by atoms with E-state index in [0.29, 0.717) is 6.42 Å². The standard InChI is InChI=1S/C9H17BO3/c1-3-5-6-7-10-12-8(4-2)9(11)13-10/h8H,3-7H2,1-2H3. The second-order valence-corrected chi connectivity index (χ2v) is 3.40. The summed E-state index contributed by atoms with van der Waals surface area (Å²) in [5.74, 6) is -0.191. The van der Waals surface area contributed by atoms with E-state index in [-0.39, 0.29) is 19.2 Å². The van der Waals surface area contributed by atoms with Crippen molar-refractivity contribution in [2.45, 2.75) is 52.0 Å². The highest BCUT2D eigenvalue weighted by atomic mass is 16.7. The molecule has 0 saturated carbocycles. The molecule has 74 valence electrons. The quantitative estimate of drug-likeness (QED) is 0.484. The summed E-state index contributed by atoms with van der Waals surface area (Å²) in [5, 5.41) is 0. The molecule has 0 amide bonds. The van der Waals surface area contributed by atoms with Gasteiger partial charge < -0.3 is 9.31 Å². The molecule has 1 aliphatic heterocycles. The summed E-state index contributed by atoms with van der Waals surface area (Å²) in [4.78, 5) is 11.1. The van der Waals surface area contributed by atoms with E-state index in [1.165, 1.54) is 12.8 Å². The van der Waals surface area contributed by atoms with Crippen LogP contribution in [0.2, 0.25) is 6.32 Å². The van der Waals surface area contributed by atoms with Gasteiger partial charge in [-0.3, -0.25) is 4.79 Å². The van der Waals surface area contributed by atoms with Crippen molar-refractivity contribution >= 4 is 13.1 Å². The molecule has 1 atom stereocenters. The van der Waals surface area contributed by atoms with E-state index in [4.69, 9.17) is 9.31 Å². The third-order valence-corrected chi connectivity index (χ3v) is 2.24. The van der Waals surface area contributed by atoms with E-state index in [9.17, 15) is 4.79 Å². The fraction of sp³-hybridized carbons (Fsp3) is 0.889. The predicted molar refractivity (Wildman–Crippen MR) is 51.3 cm³/mol. The average molecular weight is 184 g/mol. The van der Waals surface area contributed by atoms with Crippen molar-refractivity contribution in [3.63, 3.8) is 0 Å². The van der Waals surface area contributed by atoms with Crippen LogP contribution in [0, 0.1) is 0 Å². The summed E-state index contributed by atoms with van der Waals surface area (Å²) >= 11 is 0. The first-order valence-corrected chi connectivity index (χ1v) is 5.13. The first-order valence-electron chi connectivity index (χ1n) is 5.13. The van der Waals surface area contributed by atoms with Crippen molar-refractivity contribution in [3.05, 3.63) is 0 Å². The third-order valence-electron chi connectivity index (χ3n) is 2.24. The number of carbonyl (C=O) groups is 1. The summed E-state index contributed by atoms with van der Waals surface area (Å²) in [6, 6.07) is 0. The molecule has 1 rings (SSSR count). The van der Waals surface area contributed by atoms with Crippen LogP contribution in [0.1, 0.15) is 39.5 Å². The van der Waals surface area contributed by atoms with Crippen LogP contribution in [0.3, 0.4) is 0 Å². The molecule has 0 spiro atoms. The third kappa shape index (κ3) is 3.03. The van der Waals surface area contributed by atoms with Crippen LogP contribution in [0.5, 0.6) is 0 Å². The molecule has 3 nitrogen and oxygen atoms in total. The average Bonchev–Trinajstić information content (AvgIpc) is 2.47. The molecule has 0 aromatic rings. The van der Waals surface area contributed by atoms with Crippen LogP contribution in [-0.4, -0.2) is 19.2 Å². The van der Waals surface area contributed by atoms with E-state index in [2.05, 4.69) is 6.92 Å². The fourth-order valence-electron chi connectivity index (χ4n) is 1.42. The molecule has 0 N–H and O–H groups in total. The Morgan fingerprint density at radius 2 is 2.15 bits per heavy atom. The van der Waals surface area contributed by atoms with Gasteiger partial charge in [0.1, 0.15) is 6.10 Å². The fourth-order valence-corrected chi connectivity index (χ4v) is 1.42. The topological polar surface area (TPSA) is 35.5 Å². The number of unbranched alkanes of at least 4 members (excludes halogenated alkanes) is 2. The van der Waals surface area contributed by atoms with Gasteiger partial charge in [-0.15, -0.1) is 0 Å². The summed E-state index contributed by atoms with van der Waals surface area (Å²) in [7, 11) is -0.274. The van der Waals surface area contributed by atoms with Gasteiger partial charge in [0.2, 0.25) is 0 Å². The predicted octanol–water partition coefficient (Wildman–Crippen LogP) is 2.02. The Morgan fingerprint density at radius 1 is 1.38 bits per heavy atom. The zero-order valence-corrected chi connectivity index (χ0v) is 8.41. The molecule has 0 aliphatic carbocycles. The van der Waals surface area contributed by atoms with Crippen molar-refractivity contribution < 1.29 is 14.1 Å². The first-order chi connectivity index (χ1) is 6.27. The minimum Gasteiger partial charge on any atom is -0.508 e. The van der Waals surface area contributed by atoms with Gasteiger partial charge in [-0.2, -0.15) is 0 Å². The van der Waals surface area contributed by atoms with Gasteiger partial charge in [0, 0.05) is 0 Å².